The minimum atomic E-state index is 1.07. The highest BCUT2D eigenvalue weighted by atomic mass is 13.9. The Morgan fingerprint density at radius 3 is 2.30 bits per heavy atom. The number of hydrogen-bond donors (Lipinski definition) is 0. The lowest BCUT2D eigenvalue weighted by Gasteiger charge is -1.89. The van der Waals surface area contributed by atoms with Gasteiger partial charge in [-0.15, -0.1) is 0 Å². The van der Waals surface area contributed by atoms with Gasteiger partial charge >= 0.3 is 0 Å². The van der Waals surface area contributed by atoms with Gasteiger partial charge in [0.1, 0.15) is 0 Å². The number of hydrogen-bond acceptors (Lipinski definition) is 0. The first-order valence-corrected chi connectivity index (χ1v) is 3.89. The Morgan fingerprint density at radius 1 is 1.10 bits per heavy atom. The quantitative estimate of drug-likeness (QED) is 0.520. The molecule has 0 amide bonds. The van der Waals surface area contributed by atoms with Crippen LogP contribution in [0.1, 0.15) is 33.6 Å². The normalized spacial score (nSPS) is 12.4. The third-order valence-corrected chi connectivity index (χ3v) is 1.13. The Bertz CT molecular complexity index is 107. The summed E-state index contributed by atoms with van der Waals surface area (Å²) in [4.78, 5) is 0. The zero-order valence-corrected chi connectivity index (χ0v) is 7.22. The predicted octanol–water partition coefficient (Wildman–Crippen LogP) is 3.51. The van der Waals surface area contributed by atoms with Gasteiger partial charge in [-0.2, -0.15) is 0 Å². The highest BCUT2D eigenvalue weighted by Crippen LogP contribution is 1.98. The van der Waals surface area contributed by atoms with Crippen LogP contribution in [-0.2, 0) is 0 Å². The van der Waals surface area contributed by atoms with E-state index in [2.05, 4.69) is 45.1 Å². The topological polar surface area (TPSA) is 0 Å². The molecule has 0 aromatic carbocycles. The number of allylic oxidation sites excluding steroid dienone is 4. The van der Waals surface area contributed by atoms with Gasteiger partial charge < -0.3 is 0 Å². The summed E-state index contributed by atoms with van der Waals surface area (Å²) in [5.41, 5.74) is 0. The van der Waals surface area contributed by atoms with Crippen LogP contribution in [-0.4, -0.2) is 0 Å². The first kappa shape index (κ1) is 9.48. The van der Waals surface area contributed by atoms with E-state index in [1.807, 2.05) is 0 Å². The fourth-order valence-electron chi connectivity index (χ4n) is 0.645. The highest BCUT2D eigenvalue weighted by Gasteiger charge is 1.80. The fourth-order valence-corrected chi connectivity index (χ4v) is 0.645. The van der Waals surface area contributed by atoms with E-state index >= 15 is 0 Å². The van der Waals surface area contributed by atoms with Gasteiger partial charge in [0.15, 0.2) is 0 Å². The van der Waals surface area contributed by atoms with E-state index in [-0.39, 0.29) is 0 Å². The van der Waals surface area contributed by atoms with Crippen LogP contribution in [0.4, 0.5) is 0 Å². The molecule has 1 radical (unpaired) electrons. The zero-order valence-electron chi connectivity index (χ0n) is 7.22. The maximum absolute atomic E-state index is 2.19. The van der Waals surface area contributed by atoms with E-state index in [9.17, 15) is 0 Å². The third kappa shape index (κ3) is 7.48. The number of rotatable bonds is 4. The van der Waals surface area contributed by atoms with Crippen molar-refractivity contribution in [3.8, 4) is 0 Å². The Morgan fingerprint density at radius 2 is 1.80 bits per heavy atom. The molecule has 0 saturated heterocycles. The molecule has 0 aromatic heterocycles. The Hall–Kier alpha value is -0.520. The molecule has 0 heterocycles. The molecule has 0 nitrogen and oxygen atoms in total. The summed E-state index contributed by atoms with van der Waals surface area (Å²) in [6.07, 6.45) is 10.9. The van der Waals surface area contributed by atoms with Crippen molar-refractivity contribution >= 4 is 0 Å². The highest BCUT2D eigenvalue weighted by molar-refractivity contribution is 5.05. The van der Waals surface area contributed by atoms with Crippen molar-refractivity contribution in [2.24, 2.45) is 0 Å². The molecule has 0 unspecified atom stereocenters. The van der Waals surface area contributed by atoms with E-state index in [1.165, 1.54) is 5.92 Å². The third-order valence-electron chi connectivity index (χ3n) is 1.13. The summed E-state index contributed by atoms with van der Waals surface area (Å²) >= 11 is 0. The van der Waals surface area contributed by atoms with Crippen LogP contribution in [0.2, 0.25) is 0 Å². The smallest absolute Gasteiger partial charge is 0.00891 e. The summed E-state index contributed by atoms with van der Waals surface area (Å²) in [6, 6.07) is 0. The minimum absolute atomic E-state index is 1.07. The van der Waals surface area contributed by atoms with Crippen molar-refractivity contribution in [1.82, 2.24) is 0 Å². The molecular formula is C10H17. The zero-order chi connectivity index (χ0) is 7.82. The Balaban J connectivity index is 3.26. The lowest BCUT2D eigenvalue weighted by atomic mass is 10.2. The lowest BCUT2D eigenvalue weighted by molar-refractivity contribution is 1.17. The molecule has 0 aromatic rings. The first-order chi connectivity index (χ1) is 4.77. The fraction of sp³-hybridized carbons (Fsp3) is 0.500. The van der Waals surface area contributed by atoms with Crippen molar-refractivity contribution in [2.45, 2.75) is 33.6 Å². The summed E-state index contributed by atoms with van der Waals surface area (Å²) in [5, 5.41) is 0. The van der Waals surface area contributed by atoms with Crippen LogP contribution in [0.15, 0.2) is 24.3 Å². The molecule has 10 heavy (non-hydrogen) atoms. The molecule has 0 aliphatic rings. The van der Waals surface area contributed by atoms with E-state index in [4.69, 9.17) is 0 Å². The van der Waals surface area contributed by atoms with Gasteiger partial charge in [-0.05, 0) is 18.8 Å². The summed E-state index contributed by atoms with van der Waals surface area (Å²) in [7, 11) is 0. The lowest BCUT2D eigenvalue weighted by Crippen LogP contribution is -1.72. The van der Waals surface area contributed by atoms with Crippen molar-refractivity contribution in [1.29, 1.82) is 0 Å². The van der Waals surface area contributed by atoms with E-state index in [0.29, 0.717) is 0 Å². The second kappa shape index (κ2) is 6.60. The Labute approximate surface area is 64.6 Å². The van der Waals surface area contributed by atoms with Crippen molar-refractivity contribution in [3.05, 3.63) is 30.2 Å². The molecule has 0 fully saturated rings. The molecule has 0 atom stereocenters. The molecule has 0 spiro atoms. The molecule has 0 N–H and O–H groups in total. The standard InChI is InChI=1S/C10H17/c1-4-5-6-7-8-9-10(2)3/h5-6,8-9H,4,7H2,1-3H3/b6-5+,9-8+. The van der Waals surface area contributed by atoms with Crippen LogP contribution >= 0.6 is 0 Å². The summed E-state index contributed by atoms with van der Waals surface area (Å²) < 4.78 is 0. The largest absolute Gasteiger partial charge is 0.0885 e. The average molecular weight is 137 g/mol. The van der Waals surface area contributed by atoms with Gasteiger partial charge in [-0.1, -0.05) is 45.1 Å². The molecular weight excluding hydrogens is 120 g/mol. The van der Waals surface area contributed by atoms with E-state index < -0.39 is 0 Å². The maximum atomic E-state index is 2.19. The summed E-state index contributed by atoms with van der Waals surface area (Å²) in [5.74, 6) is 1.37. The van der Waals surface area contributed by atoms with Gasteiger partial charge in [-0.3, -0.25) is 0 Å². The predicted molar refractivity (Wildman–Crippen MR) is 47.8 cm³/mol. The van der Waals surface area contributed by atoms with Crippen molar-refractivity contribution in [3.63, 3.8) is 0 Å². The SMILES string of the molecule is CC/C=C/C/C=C/[C](C)C. The molecule has 0 aliphatic carbocycles. The Kier molecular flexibility index (Phi) is 6.25. The van der Waals surface area contributed by atoms with Crippen LogP contribution in [0.3, 0.4) is 0 Å². The van der Waals surface area contributed by atoms with Crippen molar-refractivity contribution in [2.75, 3.05) is 0 Å². The average Bonchev–Trinajstić information content (AvgIpc) is 1.87. The van der Waals surface area contributed by atoms with Gasteiger partial charge in [0.05, 0.1) is 0 Å². The maximum Gasteiger partial charge on any atom is -0.00891 e. The van der Waals surface area contributed by atoms with Gasteiger partial charge in [0.25, 0.3) is 0 Å². The molecule has 0 heteroatoms. The van der Waals surface area contributed by atoms with Crippen LogP contribution in [0.25, 0.3) is 0 Å². The van der Waals surface area contributed by atoms with E-state index in [0.717, 1.165) is 12.8 Å². The monoisotopic (exact) mass is 137 g/mol. The second-order valence-corrected chi connectivity index (χ2v) is 2.60. The van der Waals surface area contributed by atoms with Gasteiger partial charge in [0.2, 0.25) is 0 Å². The molecule has 0 bridgehead atoms. The van der Waals surface area contributed by atoms with Crippen LogP contribution in [0, 0.1) is 5.92 Å². The first-order valence-electron chi connectivity index (χ1n) is 3.89. The van der Waals surface area contributed by atoms with Crippen LogP contribution < -0.4 is 0 Å². The van der Waals surface area contributed by atoms with Gasteiger partial charge in [-0.25, -0.2) is 0 Å². The molecule has 0 rings (SSSR count). The molecule has 57 valence electrons. The van der Waals surface area contributed by atoms with E-state index in [1.54, 1.807) is 0 Å². The second-order valence-electron chi connectivity index (χ2n) is 2.60. The molecule has 0 saturated carbocycles. The minimum Gasteiger partial charge on any atom is -0.0885 e. The van der Waals surface area contributed by atoms with Crippen LogP contribution in [0.5, 0.6) is 0 Å². The van der Waals surface area contributed by atoms with Gasteiger partial charge in [0, 0.05) is 0 Å². The molecule has 0 aliphatic heterocycles. The summed E-state index contributed by atoms with van der Waals surface area (Å²) in [6.45, 7) is 6.37. The van der Waals surface area contributed by atoms with Crippen molar-refractivity contribution < 1.29 is 0 Å².